The van der Waals surface area contributed by atoms with Gasteiger partial charge in [-0.1, -0.05) is 0 Å². The van der Waals surface area contributed by atoms with Crippen molar-refractivity contribution in [3.63, 3.8) is 0 Å². The van der Waals surface area contributed by atoms with E-state index in [0.717, 1.165) is 11.4 Å². The number of nitrogens with one attached hydrogen (secondary N) is 1. The van der Waals surface area contributed by atoms with Crippen LogP contribution < -0.4 is 10.1 Å². The topological polar surface area (TPSA) is 56.8 Å². The Labute approximate surface area is 124 Å². The number of anilines is 1. The maximum absolute atomic E-state index is 10.9. The summed E-state index contributed by atoms with van der Waals surface area (Å²) in [6, 6.07) is 7.18. The first kappa shape index (κ1) is 16.8. The number of rotatable bonds is 10. The Bertz CT molecular complexity index is 383. The van der Waals surface area contributed by atoms with Crippen molar-refractivity contribution in [3.8, 4) is 5.75 Å². The van der Waals surface area contributed by atoms with Crippen LogP contribution in [0.2, 0.25) is 0 Å². The second kappa shape index (κ2) is 10.5. The normalized spacial score (nSPS) is 10.3. The van der Waals surface area contributed by atoms with Crippen LogP contribution in [0, 0.1) is 0 Å². The van der Waals surface area contributed by atoms with Crippen molar-refractivity contribution in [1.82, 2.24) is 0 Å². The zero-order chi connectivity index (χ0) is 14.6. The SMILES string of the molecule is CC(=O)Nc1ccc(OCCOCCOCCCl)cc1. The van der Waals surface area contributed by atoms with Crippen LogP contribution in [0.15, 0.2) is 24.3 Å². The minimum Gasteiger partial charge on any atom is -0.491 e. The molecule has 0 aliphatic rings. The predicted octanol–water partition coefficient (Wildman–Crippen LogP) is 2.30. The van der Waals surface area contributed by atoms with Gasteiger partial charge in [0.15, 0.2) is 0 Å². The summed E-state index contributed by atoms with van der Waals surface area (Å²) in [5.41, 5.74) is 0.748. The molecule has 6 heteroatoms. The summed E-state index contributed by atoms with van der Waals surface area (Å²) in [5, 5.41) is 2.69. The summed E-state index contributed by atoms with van der Waals surface area (Å²) >= 11 is 5.46. The van der Waals surface area contributed by atoms with Gasteiger partial charge in [0.05, 0.1) is 26.4 Å². The molecule has 0 aliphatic heterocycles. The average Bonchev–Trinajstić information content (AvgIpc) is 2.43. The van der Waals surface area contributed by atoms with E-state index in [1.807, 2.05) is 0 Å². The number of hydrogen-bond donors (Lipinski definition) is 1. The van der Waals surface area contributed by atoms with Crippen LogP contribution in [0.5, 0.6) is 5.75 Å². The van der Waals surface area contributed by atoms with Crippen LogP contribution in [-0.4, -0.2) is 44.8 Å². The molecule has 1 amide bonds. The minimum atomic E-state index is -0.0940. The fraction of sp³-hybridized carbons (Fsp3) is 0.500. The van der Waals surface area contributed by atoms with E-state index >= 15 is 0 Å². The van der Waals surface area contributed by atoms with Crippen molar-refractivity contribution in [2.45, 2.75) is 6.92 Å². The predicted molar refractivity (Wildman–Crippen MR) is 78.6 cm³/mol. The van der Waals surface area contributed by atoms with Crippen molar-refractivity contribution >= 4 is 23.2 Å². The van der Waals surface area contributed by atoms with Crippen LogP contribution >= 0.6 is 11.6 Å². The van der Waals surface area contributed by atoms with E-state index in [4.69, 9.17) is 25.8 Å². The molecule has 5 nitrogen and oxygen atoms in total. The van der Waals surface area contributed by atoms with Gasteiger partial charge >= 0.3 is 0 Å². The summed E-state index contributed by atoms with van der Waals surface area (Å²) in [6.07, 6.45) is 0. The monoisotopic (exact) mass is 301 g/mol. The highest BCUT2D eigenvalue weighted by Crippen LogP contribution is 2.15. The standard InChI is InChI=1S/C14H20ClNO4/c1-12(17)16-13-2-4-14(5-3-13)20-11-10-19-9-8-18-7-6-15/h2-5H,6-11H2,1H3,(H,16,17). The van der Waals surface area contributed by atoms with Crippen molar-refractivity contribution in [3.05, 3.63) is 24.3 Å². The zero-order valence-electron chi connectivity index (χ0n) is 11.6. The Kier molecular flexibility index (Phi) is 8.78. The molecule has 0 unspecified atom stereocenters. The van der Waals surface area contributed by atoms with Gasteiger partial charge in [-0.05, 0) is 24.3 Å². The third kappa shape index (κ3) is 7.99. The van der Waals surface area contributed by atoms with Crippen molar-refractivity contribution in [2.24, 2.45) is 0 Å². The van der Waals surface area contributed by atoms with Gasteiger partial charge in [-0.2, -0.15) is 0 Å². The lowest BCUT2D eigenvalue weighted by atomic mass is 10.3. The van der Waals surface area contributed by atoms with Gasteiger partial charge in [0, 0.05) is 18.5 Å². The van der Waals surface area contributed by atoms with Crippen LogP contribution in [0.1, 0.15) is 6.92 Å². The first-order valence-corrected chi connectivity index (χ1v) is 6.97. The van der Waals surface area contributed by atoms with Crippen LogP contribution in [-0.2, 0) is 14.3 Å². The number of hydrogen-bond acceptors (Lipinski definition) is 4. The summed E-state index contributed by atoms with van der Waals surface area (Å²) in [4.78, 5) is 10.9. The summed E-state index contributed by atoms with van der Waals surface area (Å²) in [7, 11) is 0. The highest BCUT2D eigenvalue weighted by Gasteiger charge is 1.97. The van der Waals surface area contributed by atoms with Gasteiger partial charge in [-0.25, -0.2) is 0 Å². The van der Waals surface area contributed by atoms with E-state index in [9.17, 15) is 4.79 Å². The molecule has 1 N–H and O–H groups in total. The minimum absolute atomic E-state index is 0.0940. The van der Waals surface area contributed by atoms with E-state index in [1.165, 1.54) is 6.92 Å². The van der Waals surface area contributed by atoms with Crippen LogP contribution in [0.3, 0.4) is 0 Å². The van der Waals surface area contributed by atoms with Gasteiger partial charge in [0.1, 0.15) is 12.4 Å². The molecule has 0 saturated carbocycles. The molecular formula is C14H20ClNO4. The molecule has 1 rings (SSSR count). The third-order valence-corrected chi connectivity index (χ3v) is 2.42. The number of carbonyl (C=O) groups excluding carboxylic acids is 1. The molecular weight excluding hydrogens is 282 g/mol. The third-order valence-electron chi connectivity index (χ3n) is 2.26. The van der Waals surface area contributed by atoms with E-state index in [-0.39, 0.29) is 5.91 Å². The van der Waals surface area contributed by atoms with Gasteiger partial charge in [0.2, 0.25) is 5.91 Å². The molecule has 0 atom stereocenters. The lowest BCUT2D eigenvalue weighted by Crippen LogP contribution is -2.11. The molecule has 0 heterocycles. The fourth-order valence-electron chi connectivity index (χ4n) is 1.43. The Balaban J connectivity index is 2.08. The van der Waals surface area contributed by atoms with Crippen LogP contribution in [0.4, 0.5) is 5.69 Å². The second-order valence-electron chi connectivity index (χ2n) is 3.97. The van der Waals surface area contributed by atoms with Crippen molar-refractivity contribution in [2.75, 3.05) is 44.2 Å². The van der Waals surface area contributed by atoms with E-state index in [1.54, 1.807) is 24.3 Å². The highest BCUT2D eigenvalue weighted by atomic mass is 35.5. The second-order valence-corrected chi connectivity index (χ2v) is 4.35. The molecule has 1 aromatic carbocycles. The maximum atomic E-state index is 10.9. The lowest BCUT2D eigenvalue weighted by molar-refractivity contribution is -0.114. The van der Waals surface area contributed by atoms with E-state index < -0.39 is 0 Å². The number of benzene rings is 1. The Morgan fingerprint density at radius 1 is 1.05 bits per heavy atom. The molecule has 0 aromatic heterocycles. The van der Waals surface area contributed by atoms with Gasteiger partial charge in [-0.3, -0.25) is 4.79 Å². The molecule has 0 saturated heterocycles. The first-order chi connectivity index (χ1) is 9.72. The summed E-state index contributed by atoms with van der Waals surface area (Å²) in [6.45, 7) is 4.05. The van der Waals surface area contributed by atoms with E-state index in [2.05, 4.69) is 5.32 Å². The molecule has 112 valence electrons. The zero-order valence-corrected chi connectivity index (χ0v) is 12.3. The van der Waals surface area contributed by atoms with Gasteiger partial charge < -0.3 is 19.5 Å². The van der Waals surface area contributed by atoms with Crippen LogP contribution in [0.25, 0.3) is 0 Å². The molecule has 0 radical (unpaired) electrons. The molecule has 1 aromatic rings. The fourth-order valence-corrected chi connectivity index (χ4v) is 1.54. The molecule has 0 aliphatic carbocycles. The maximum Gasteiger partial charge on any atom is 0.221 e. The average molecular weight is 302 g/mol. The van der Waals surface area contributed by atoms with Crippen molar-refractivity contribution in [1.29, 1.82) is 0 Å². The molecule has 0 spiro atoms. The number of halogens is 1. The quantitative estimate of drug-likeness (QED) is 0.532. The number of amides is 1. The number of carbonyl (C=O) groups is 1. The first-order valence-electron chi connectivity index (χ1n) is 6.44. The van der Waals surface area contributed by atoms with Crippen molar-refractivity contribution < 1.29 is 19.0 Å². The Hall–Kier alpha value is -1.30. The Morgan fingerprint density at radius 2 is 1.65 bits per heavy atom. The molecule has 20 heavy (non-hydrogen) atoms. The largest absolute Gasteiger partial charge is 0.491 e. The van der Waals surface area contributed by atoms with Gasteiger partial charge in [-0.15, -0.1) is 11.6 Å². The summed E-state index contributed by atoms with van der Waals surface area (Å²) in [5.74, 6) is 1.14. The number of alkyl halides is 1. The highest BCUT2D eigenvalue weighted by molar-refractivity contribution is 6.17. The van der Waals surface area contributed by atoms with E-state index in [0.29, 0.717) is 38.9 Å². The Morgan fingerprint density at radius 3 is 2.25 bits per heavy atom. The smallest absolute Gasteiger partial charge is 0.221 e. The number of ether oxygens (including phenoxy) is 3. The lowest BCUT2D eigenvalue weighted by Gasteiger charge is -2.08. The molecule has 0 fully saturated rings. The van der Waals surface area contributed by atoms with Gasteiger partial charge in [0.25, 0.3) is 0 Å². The molecule has 0 bridgehead atoms. The summed E-state index contributed by atoms with van der Waals surface area (Å²) < 4.78 is 16.0.